The maximum Gasteiger partial charge on any atom is 0.392 e. The van der Waals surface area contributed by atoms with Gasteiger partial charge in [0.05, 0.1) is 5.92 Å². The molecule has 1 aromatic rings. The second-order valence-corrected chi connectivity index (χ2v) is 7.03. The van der Waals surface area contributed by atoms with E-state index in [1.807, 2.05) is 11.8 Å². The summed E-state index contributed by atoms with van der Waals surface area (Å²) in [7, 11) is 0. The van der Waals surface area contributed by atoms with Gasteiger partial charge >= 0.3 is 12.1 Å². The Hall–Kier alpha value is -1.50. The summed E-state index contributed by atoms with van der Waals surface area (Å²) in [5.74, 6) is -1.83. The normalized spacial score (nSPS) is 24.1. The van der Waals surface area contributed by atoms with E-state index in [1.165, 1.54) is 6.07 Å². The molecular formula is C17H22F3NO3. The number of alkyl halides is 3. The molecule has 1 aliphatic carbocycles. The number of carbonyl (C=O) groups is 1. The van der Waals surface area contributed by atoms with E-state index in [2.05, 4.69) is 0 Å². The van der Waals surface area contributed by atoms with E-state index >= 15 is 0 Å². The minimum absolute atomic E-state index is 0.106. The van der Waals surface area contributed by atoms with Crippen LogP contribution >= 0.6 is 0 Å². The Bertz CT molecular complexity index is 619. The highest BCUT2D eigenvalue weighted by Crippen LogP contribution is 2.56. The number of rotatable bonds is 4. The first-order chi connectivity index (χ1) is 11.2. The second kappa shape index (κ2) is 6.10. The summed E-state index contributed by atoms with van der Waals surface area (Å²) in [6, 6.07) is 1.50. The summed E-state index contributed by atoms with van der Waals surface area (Å²) >= 11 is 0. The van der Waals surface area contributed by atoms with Gasteiger partial charge in [-0.25, -0.2) is 4.79 Å². The molecule has 0 aromatic carbocycles. The Labute approximate surface area is 138 Å². The van der Waals surface area contributed by atoms with Crippen LogP contribution in [0.15, 0.2) is 10.5 Å². The number of nitrogens with zero attached hydrogens (tertiary/aromatic N) is 1. The molecular weight excluding hydrogens is 323 g/mol. The molecule has 7 heteroatoms. The zero-order valence-corrected chi connectivity index (χ0v) is 13.7. The van der Waals surface area contributed by atoms with Crippen molar-refractivity contribution in [3.8, 4) is 0 Å². The van der Waals surface area contributed by atoms with Crippen molar-refractivity contribution in [2.75, 3.05) is 13.1 Å². The fraction of sp³-hybridized carbons (Fsp3) is 0.706. The topological polar surface area (TPSA) is 53.7 Å². The van der Waals surface area contributed by atoms with Crippen LogP contribution in [0.2, 0.25) is 0 Å². The smallest absolute Gasteiger partial charge is 0.392 e. The number of likely N-dealkylation sites (tertiary alicyclic amines) is 1. The minimum Gasteiger partial charge on any atom is -0.475 e. The molecule has 0 amide bonds. The van der Waals surface area contributed by atoms with Crippen LogP contribution in [0, 0.1) is 11.3 Å². The molecule has 0 bridgehead atoms. The molecule has 2 fully saturated rings. The third-order valence-corrected chi connectivity index (χ3v) is 5.58. The zero-order valence-electron chi connectivity index (χ0n) is 13.7. The third-order valence-electron chi connectivity index (χ3n) is 5.58. The SMILES string of the molecule is CCc1oc(C(=O)O)cc1CN1CCC(C(F)(F)F)C2(CCC2)C1. The lowest BCUT2D eigenvalue weighted by molar-refractivity contribution is -0.238. The monoisotopic (exact) mass is 345 g/mol. The van der Waals surface area contributed by atoms with Crippen LogP contribution in [-0.2, 0) is 13.0 Å². The van der Waals surface area contributed by atoms with Crippen molar-refractivity contribution in [2.45, 2.75) is 51.7 Å². The Morgan fingerprint density at radius 1 is 1.46 bits per heavy atom. The summed E-state index contributed by atoms with van der Waals surface area (Å²) in [5, 5.41) is 9.05. The quantitative estimate of drug-likeness (QED) is 0.893. The molecule has 1 spiro atoms. The maximum absolute atomic E-state index is 13.3. The van der Waals surface area contributed by atoms with Crippen LogP contribution in [0.5, 0.6) is 0 Å². The Balaban J connectivity index is 1.75. The standard InChI is InChI=1S/C17H22F3NO3/c1-2-12-11(8-13(24-12)15(22)23)9-21-7-4-14(17(18,19)20)16(10-21)5-3-6-16/h8,14H,2-7,9-10H2,1H3,(H,22,23). The fourth-order valence-electron chi connectivity index (χ4n) is 4.28. The summed E-state index contributed by atoms with van der Waals surface area (Å²) in [4.78, 5) is 13.1. The second-order valence-electron chi connectivity index (χ2n) is 7.03. The molecule has 2 heterocycles. The average Bonchev–Trinajstić information content (AvgIpc) is 2.87. The van der Waals surface area contributed by atoms with Crippen LogP contribution < -0.4 is 0 Å². The summed E-state index contributed by atoms with van der Waals surface area (Å²) in [6.07, 6.45) is -1.34. The molecule has 1 aromatic heterocycles. The molecule has 4 nitrogen and oxygen atoms in total. The molecule has 1 saturated heterocycles. The molecule has 24 heavy (non-hydrogen) atoms. The Morgan fingerprint density at radius 3 is 2.67 bits per heavy atom. The predicted octanol–water partition coefficient (Wildman–Crippen LogP) is 4.09. The van der Waals surface area contributed by atoms with Gasteiger partial charge in [-0.05, 0) is 37.3 Å². The van der Waals surface area contributed by atoms with Gasteiger partial charge in [0, 0.05) is 25.1 Å². The third kappa shape index (κ3) is 3.06. The highest BCUT2D eigenvalue weighted by atomic mass is 19.4. The summed E-state index contributed by atoms with van der Waals surface area (Å²) in [5.41, 5.74) is 0.122. The highest BCUT2D eigenvalue weighted by molar-refractivity contribution is 5.84. The number of piperidine rings is 1. The van der Waals surface area contributed by atoms with Crippen LogP contribution in [0.25, 0.3) is 0 Å². The van der Waals surface area contributed by atoms with Gasteiger partial charge in [-0.3, -0.25) is 4.90 Å². The van der Waals surface area contributed by atoms with Crippen molar-refractivity contribution in [3.05, 3.63) is 23.2 Å². The van der Waals surface area contributed by atoms with Crippen molar-refractivity contribution < 1.29 is 27.5 Å². The van der Waals surface area contributed by atoms with Crippen LogP contribution in [0.3, 0.4) is 0 Å². The molecule has 3 rings (SSSR count). The van der Waals surface area contributed by atoms with Gasteiger partial charge in [0.1, 0.15) is 5.76 Å². The van der Waals surface area contributed by atoms with Gasteiger partial charge in [-0.2, -0.15) is 13.2 Å². The van der Waals surface area contributed by atoms with E-state index in [0.29, 0.717) is 44.7 Å². The van der Waals surface area contributed by atoms with Gasteiger partial charge in [0.15, 0.2) is 0 Å². The maximum atomic E-state index is 13.3. The number of aromatic carboxylic acids is 1. The number of halogens is 3. The lowest BCUT2D eigenvalue weighted by atomic mass is 9.58. The lowest BCUT2D eigenvalue weighted by Gasteiger charge is -2.54. The minimum atomic E-state index is -4.13. The van der Waals surface area contributed by atoms with Gasteiger partial charge < -0.3 is 9.52 Å². The predicted molar refractivity (Wildman–Crippen MR) is 80.8 cm³/mol. The first-order valence-electron chi connectivity index (χ1n) is 8.39. The van der Waals surface area contributed by atoms with E-state index < -0.39 is 23.5 Å². The van der Waals surface area contributed by atoms with E-state index in [-0.39, 0.29) is 12.2 Å². The van der Waals surface area contributed by atoms with Crippen molar-refractivity contribution in [1.82, 2.24) is 4.90 Å². The van der Waals surface area contributed by atoms with Crippen LogP contribution in [-0.4, -0.2) is 35.2 Å². The molecule has 2 aliphatic rings. The van der Waals surface area contributed by atoms with Gasteiger partial charge in [-0.1, -0.05) is 13.3 Å². The molecule has 1 unspecified atom stereocenters. The Morgan fingerprint density at radius 2 is 2.17 bits per heavy atom. The van der Waals surface area contributed by atoms with E-state index in [0.717, 1.165) is 12.0 Å². The van der Waals surface area contributed by atoms with E-state index in [4.69, 9.17) is 9.52 Å². The first kappa shape index (κ1) is 17.3. The van der Waals surface area contributed by atoms with Crippen molar-refractivity contribution in [1.29, 1.82) is 0 Å². The van der Waals surface area contributed by atoms with Crippen molar-refractivity contribution in [3.63, 3.8) is 0 Å². The Kier molecular flexibility index (Phi) is 4.40. The molecule has 134 valence electrons. The first-order valence-corrected chi connectivity index (χ1v) is 8.39. The number of hydrogen-bond acceptors (Lipinski definition) is 3. The van der Waals surface area contributed by atoms with E-state index in [9.17, 15) is 18.0 Å². The average molecular weight is 345 g/mol. The molecule has 1 saturated carbocycles. The zero-order chi connectivity index (χ0) is 17.5. The molecule has 1 aliphatic heterocycles. The number of furan rings is 1. The van der Waals surface area contributed by atoms with E-state index in [1.54, 1.807) is 0 Å². The van der Waals surface area contributed by atoms with Gasteiger partial charge in [-0.15, -0.1) is 0 Å². The summed E-state index contributed by atoms with van der Waals surface area (Å²) in [6.45, 7) is 3.13. The van der Waals surface area contributed by atoms with Crippen LogP contribution in [0.1, 0.15) is 54.5 Å². The largest absolute Gasteiger partial charge is 0.475 e. The van der Waals surface area contributed by atoms with Gasteiger partial charge in [0.2, 0.25) is 5.76 Å². The lowest BCUT2D eigenvalue weighted by Crippen LogP contribution is -2.56. The fourth-order valence-corrected chi connectivity index (χ4v) is 4.28. The summed E-state index contributed by atoms with van der Waals surface area (Å²) < 4.78 is 45.3. The molecule has 0 radical (unpaired) electrons. The highest BCUT2D eigenvalue weighted by Gasteiger charge is 2.57. The van der Waals surface area contributed by atoms with Crippen molar-refractivity contribution in [2.24, 2.45) is 11.3 Å². The molecule has 1 N–H and O–H groups in total. The number of carboxylic acids is 1. The number of hydrogen-bond donors (Lipinski definition) is 1. The van der Waals surface area contributed by atoms with Crippen LogP contribution in [0.4, 0.5) is 13.2 Å². The number of aryl methyl sites for hydroxylation is 1. The molecule has 1 atom stereocenters. The van der Waals surface area contributed by atoms with Crippen molar-refractivity contribution >= 4 is 5.97 Å². The number of carboxylic acid groups (broad SMARTS) is 1. The van der Waals surface area contributed by atoms with Gasteiger partial charge in [0.25, 0.3) is 0 Å².